The third-order valence-corrected chi connectivity index (χ3v) is 7.93. The van der Waals surface area contributed by atoms with E-state index in [-0.39, 0.29) is 29.6 Å². The zero-order valence-corrected chi connectivity index (χ0v) is 22.8. The molecule has 4 rings (SSSR count). The Balaban J connectivity index is 1.65. The number of likely N-dealkylation sites (N-methyl/N-ethyl adjacent to an activating group) is 1. The number of carbonyl (C=O) groups is 2. The minimum absolute atomic E-state index is 0.00345. The lowest BCUT2D eigenvalue weighted by molar-refractivity contribution is -0.134. The quantitative estimate of drug-likeness (QED) is 0.607. The Labute approximate surface area is 222 Å². The predicted molar refractivity (Wildman–Crippen MR) is 141 cm³/mol. The number of rotatable bonds is 5. The molecule has 0 saturated carbocycles. The fraction of sp³-hybridized carbons (Fsp3) is 0.440. The van der Waals surface area contributed by atoms with Crippen molar-refractivity contribution in [1.29, 1.82) is 0 Å². The molecule has 2 aromatic rings. The van der Waals surface area contributed by atoms with Crippen LogP contribution in [-0.2, 0) is 19.6 Å². The van der Waals surface area contributed by atoms with Crippen molar-refractivity contribution in [3.63, 3.8) is 0 Å². The molecule has 0 aromatic heterocycles. The van der Waals surface area contributed by atoms with Crippen LogP contribution in [-0.4, -0.2) is 81.7 Å². The molecule has 1 saturated heterocycles. The van der Waals surface area contributed by atoms with E-state index in [9.17, 15) is 18.0 Å². The molecule has 2 aromatic carbocycles. The van der Waals surface area contributed by atoms with Crippen LogP contribution in [0.25, 0.3) is 0 Å². The Bertz CT molecular complexity index is 1300. The second-order valence-corrected chi connectivity index (χ2v) is 12.4. The van der Waals surface area contributed by atoms with Crippen LogP contribution in [0.1, 0.15) is 20.8 Å². The first kappa shape index (κ1) is 27.0. The van der Waals surface area contributed by atoms with Gasteiger partial charge in [0.15, 0.2) is 0 Å². The topological polar surface area (TPSA) is 108 Å². The van der Waals surface area contributed by atoms with Crippen LogP contribution in [0.4, 0.5) is 16.2 Å². The maximum atomic E-state index is 13.8. The molecule has 2 aliphatic heterocycles. The van der Waals surface area contributed by atoms with E-state index in [4.69, 9.17) is 21.1 Å². The SMILES string of the molecule is CN1CCN(C[C@H]2CN(S(=O)(=O)c3cccc(Cl)c3)c3cc(NC(=O)OC(C)(C)C)ccc3O2)CC1=O. The molecule has 200 valence electrons. The van der Waals surface area contributed by atoms with E-state index in [1.54, 1.807) is 57.0 Å². The van der Waals surface area contributed by atoms with Crippen LogP contribution in [0.5, 0.6) is 5.75 Å². The van der Waals surface area contributed by atoms with E-state index in [2.05, 4.69) is 5.32 Å². The summed E-state index contributed by atoms with van der Waals surface area (Å²) in [7, 11) is -2.27. The Morgan fingerprint density at radius 3 is 2.62 bits per heavy atom. The van der Waals surface area contributed by atoms with Crippen LogP contribution in [0.2, 0.25) is 5.02 Å². The minimum Gasteiger partial charge on any atom is -0.485 e. The van der Waals surface area contributed by atoms with Gasteiger partial charge in [-0.1, -0.05) is 17.7 Å². The number of sulfonamides is 1. The summed E-state index contributed by atoms with van der Waals surface area (Å²) in [5.74, 6) is 0.348. The van der Waals surface area contributed by atoms with Crippen molar-refractivity contribution in [2.75, 3.05) is 49.4 Å². The number of piperazine rings is 1. The molecule has 12 heteroatoms. The van der Waals surface area contributed by atoms with Crippen molar-refractivity contribution in [3.8, 4) is 5.75 Å². The maximum absolute atomic E-state index is 13.8. The molecule has 2 amide bonds. The number of amides is 2. The first-order valence-electron chi connectivity index (χ1n) is 11.9. The number of benzene rings is 2. The molecule has 37 heavy (non-hydrogen) atoms. The van der Waals surface area contributed by atoms with Gasteiger partial charge in [0.25, 0.3) is 10.0 Å². The van der Waals surface area contributed by atoms with Gasteiger partial charge in [-0.3, -0.25) is 19.3 Å². The van der Waals surface area contributed by atoms with E-state index < -0.39 is 27.8 Å². The number of halogens is 1. The van der Waals surface area contributed by atoms with Crippen molar-refractivity contribution >= 4 is 45.0 Å². The maximum Gasteiger partial charge on any atom is 0.412 e. The number of hydrogen-bond acceptors (Lipinski definition) is 7. The highest BCUT2D eigenvalue weighted by Crippen LogP contribution is 2.39. The number of carbonyl (C=O) groups excluding carboxylic acids is 2. The predicted octanol–water partition coefficient (Wildman–Crippen LogP) is 3.42. The van der Waals surface area contributed by atoms with Gasteiger partial charge in [0.05, 0.1) is 23.7 Å². The van der Waals surface area contributed by atoms with E-state index in [1.807, 2.05) is 4.90 Å². The van der Waals surface area contributed by atoms with Crippen molar-refractivity contribution < 1.29 is 27.5 Å². The van der Waals surface area contributed by atoms with Crippen LogP contribution in [0, 0.1) is 0 Å². The Kier molecular flexibility index (Phi) is 7.59. The van der Waals surface area contributed by atoms with E-state index in [0.717, 1.165) is 0 Å². The van der Waals surface area contributed by atoms with Gasteiger partial charge in [0.2, 0.25) is 5.91 Å². The first-order valence-corrected chi connectivity index (χ1v) is 13.7. The van der Waals surface area contributed by atoms with Crippen LogP contribution in [0.15, 0.2) is 47.4 Å². The van der Waals surface area contributed by atoms with E-state index in [1.165, 1.54) is 22.5 Å². The third-order valence-electron chi connectivity index (χ3n) is 5.92. The average molecular weight is 551 g/mol. The fourth-order valence-electron chi connectivity index (χ4n) is 4.14. The molecule has 2 heterocycles. The van der Waals surface area contributed by atoms with Gasteiger partial charge in [-0.15, -0.1) is 0 Å². The Morgan fingerprint density at radius 2 is 1.95 bits per heavy atom. The molecule has 10 nitrogen and oxygen atoms in total. The molecule has 1 atom stereocenters. The number of anilines is 2. The molecule has 0 radical (unpaired) electrons. The summed E-state index contributed by atoms with van der Waals surface area (Å²) in [4.78, 5) is 28.1. The summed E-state index contributed by atoms with van der Waals surface area (Å²) < 4.78 is 40.3. The fourth-order valence-corrected chi connectivity index (χ4v) is 5.94. The van der Waals surface area contributed by atoms with Gasteiger partial charge in [0, 0.05) is 37.4 Å². The van der Waals surface area contributed by atoms with Gasteiger partial charge in [0.1, 0.15) is 17.5 Å². The smallest absolute Gasteiger partial charge is 0.412 e. The monoisotopic (exact) mass is 550 g/mol. The second-order valence-electron chi connectivity index (χ2n) is 10.1. The standard InChI is InChI=1S/C25H31ClN4O6S/c1-25(2,3)36-24(32)27-18-8-9-22-21(13-18)30(37(33,34)20-7-5-6-17(26)12-20)15-19(35-22)14-29-11-10-28(4)23(31)16-29/h5-9,12-13,19H,10-11,14-16H2,1-4H3,(H,27,32)/t19-/m0/s1. The molecular formula is C25H31ClN4O6S. The highest BCUT2D eigenvalue weighted by atomic mass is 35.5. The second kappa shape index (κ2) is 10.4. The Hall–Kier alpha value is -3.02. The number of nitrogens with one attached hydrogen (secondary N) is 1. The van der Waals surface area contributed by atoms with Gasteiger partial charge in [-0.25, -0.2) is 13.2 Å². The van der Waals surface area contributed by atoms with Crippen LogP contribution in [0.3, 0.4) is 0 Å². The largest absolute Gasteiger partial charge is 0.485 e. The molecule has 2 aliphatic rings. The van der Waals surface area contributed by atoms with Gasteiger partial charge < -0.3 is 14.4 Å². The first-order chi connectivity index (χ1) is 17.3. The zero-order chi connectivity index (χ0) is 27.0. The number of hydrogen-bond donors (Lipinski definition) is 1. The summed E-state index contributed by atoms with van der Waals surface area (Å²) in [5.41, 5.74) is -0.0634. The molecule has 0 spiro atoms. The minimum atomic E-state index is -4.03. The molecule has 0 bridgehead atoms. The lowest BCUT2D eigenvalue weighted by Crippen LogP contribution is -2.54. The van der Waals surface area contributed by atoms with Crippen LogP contribution < -0.4 is 14.4 Å². The van der Waals surface area contributed by atoms with Gasteiger partial charge >= 0.3 is 6.09 Å². The highest BCUT2D eigenvalue weighted by molar-refractivity contribution is 7.92. The van der Waals surface area contributed by atoms with E-state index >= 15 is 0 Å². The average Bonchev–Trinajstić information content (AvgIpc) is 2.80. The zero-order valence-electron chi connectivity index (χ0n) is 21.2. The lowest BCUT2D eigenvalue weighted by atomic mass is 10.2. The van der Waals surface area contributed by atoms with Crippen molar-refractivity contribution in [2.24, 2.45) is 0 Å². The van der Waals surface area contributed by atoms with Crippen LogP contribution >= 0.6 is 11.6 Å². The van der Waals surface area contributed by atoms with E-state index in [0.29, 0.717) is 36.1 Å². The van der Waals surface area contributed by atoms with Gasteiger partial charge in [-0.05, 0) is 57.2 Å². The van der Waals surface area contributed by atoms with Crippen molar-refractivity contribution in [3.05, 3.63) is 47.5 Å². The summed E-state index contributed by atoms with van der Waals surface area (Å²) in [5, 5.41) is 2.94. The summed E-state index contributed by atoms with van der Waals surface area (Å²) >= 11 is 6.10. The van der Waals surface area contributed by atoms with Crippen molar-refractivity contribution in [1.82, 2.24) is 9.80 Å². The number of fused-ring (bicyclic) bond motifs is 1. The summed E-state index contributed by atoms with van der Waals surface area (Å²) in [6, 6.07) is 10.8. The highest BCUT2D eigenvalue weighted by Gasteiger charge is 2.36. The summed E-state index contributed by atoms with van der Waals surface area (Å²) in [6.07, 6.45) is -1.19. The molecule has 0 aliphatic carbocycles. The third kappa shape index (κ3) is 6.46. The normalized spacial score (nSPS) is 18.7. The number of nitrogens with zero attached hydrogens (tertiary/aromatic N) is 3. The molecule has 1 fully saturated rings. The summed E-state index contributed by atoms with van der Waals surface area (Å²) in [6.45, 7) is 7.13. The van der Waals surface area contributed by atoms with Crippen molar-refractivity contribution in [2.45, 2.75) is 37.4 Å². The molecule has 1 N–H and O–H groups in total. The lowest BCUT2D eigenvalue weighted by Gasteiger charge is -2.39. The van der Waals surface area contributed by atoms with Gasteiger partial charge in [-0.2, -0.15) is 0 Å². The number of ether oxygens (including phenoxy) is 2. The molecular weight excluding hydrogens is 520 g/mol. The Morgan fingerprint density at radius 1 is 1.19 bits per heavy atom. The molecule has 0 unspecified atom stereocenters.